The van der Waals surface area contributed by atoms with Gasteiger partial charge in [0.05, 0.1) is 16.1 Å². The molecule has 1 aromatic carbocycles. The van der Waals surface area contributed by atoms with Crippen molar-refractivity contribution in [2.24, 2.45) is 5.73 Å². The number of rotatable bonds is 3. The molecular formula is C16H15ClN4. The van der Waals surface area contributed by atoms with Gasteiger partial charge in [-0.1, -0.05) is 17.7 Å². The maximum atomic E-state index is 6.31. The second-order valence-electron chi connectivity index (χ2n) is 5.42. The number of benzene rings is 1. The molecule has 4 rings (SSSR count). The van der Waals surface area contributed by atoms with Crippen LogP contribution in [-0.2, 0) is 6.54 Å². The summed E-state index contributed by atoms with van der Waals surface area (Å²) in [5, 5.41) is 0.633. The van der Waals surface area contributed by atoms with Crippen LogP contribution in [0.5, 0.6) is 0 Å². The molecule has 2 aromatic heterocycles. The highest BCUT2D eigenvalue weighted by Crippen LogP contribution is 2.42. The Morgan fingerprint density at radius 2 is 2.14 bits per heavy atom. The molecule has 2 heterocycles. The number of hydrogen-bond acceptors (Lipinski definition) is 3. The maximum absolute atomic E-state index is 6.31. The molecule has 0 atom stereocenters. The molecule has 3 aromatic rings. The molecule has 0 radical (unpaired) electrons. The van der Waals surface area contributed by atoms with Crippen LogP contribution in [0.3, 0.4) is 0 Å². The van der Waals surface area contributed by atoms with Crippen LogP contribution in [0, 0.1) is 0 Å². The minimum absolute atomic E-state index is 0.525. The fourth-order valence-corrected chi connectivity index (χ4v) is 2.92. The van der Waals surface area contributed by atoms with E-state index in [-0.39, 0.29) is 0 Å². The van der Waals surface area contributed by atoms with Crippen LogP contribution in [0.25, 0.3) is 22.4 Å². The summed E-state index contributed by atoms with van der Waals surface area (Å²) in [6.07, 6.45) is 5.81. The van der Waals surface area contributed by atoms with Gasteiger partial charge in [-0.3, -0.25) is 4.98 Å². The average molecular weight is 299 g/mol. The summed E-state index contributed by atoms with van der Waals surface area (Å²) in [4.78, 5) is 8.87. The van der Waals surface area contributed by atoms with Gasteiger partial charge in [0.2, 0.25) is 0 Å². The fourth-order valence-electron chi connectivity index (χ4n) is 2.72. The lowest BCUT2D eigenvalue weighted by molar-refractivity contribution is 0.775. The lowest BCUT2D eigenvalue weighted by Gasteiger charge is -2.08. The van der Waals surface area contributed by atoms with Crippen LogP contribution in [0.2, 0.25) is 5.02 Å². The van der Waals surface area contributed by atoms with Crippen LogP contribution >= 0.6 is 11.6 Å². The highest BCUT2D eigenvalue weighted by atomic mass is 35.5. The van der Waals surface area contributed by atoms with Gasteiger partial charge >= 0.3 is 0 Å². The van der Waals surface area contributed by atoms with E-state index in [9.17, 15) is 0 Å². The molecule has 0 aliphatic heterocycles. The van der Waals surface area contributed by atoms with E-state index >= 15 is 0 Å². The smallest absolute Gasteiger partial charge is 0.143 e. The first-order chi connectivity index (χ1) is 10.3. The molecule has 5 heteroatoms. The number of aromatic nitrogens is 3. The van der Waals surface area contributed by atoms with Gasteiger partial charge in [0.1, 0.15) is 5.82 Å². The third-order valence-electron chi connectivity index (χ3n) is 3.91. The summed E-state index contributed by atoms with van der Waals surface area (Å²) in [7, 11) is 0. The Hall–Kier alpha value is -1.91. The highest BCUT2D eigenvalue weighted by molar-refractivity contribution is 6.33. The van der Waals surface area contributed by atoms with Gasteiger partial charge in [-0.05, 0) is 36.6 Å². The number of pyridine rings is 1. The van der Waals surface area contributed by atoms with E-state index in [1.807, 2.05) is 6.07 Å². The summed E-state index contributed by atoms with van der Waals surface area (Å²) in [5.74, 6) is 0.925. The number of imidazole rings is 1. The van der Waals surface area contributed by atoms with Crippen LogP contribution < -0.4 is 5.73 Å². The first-order valence-corrected chi connectivity index (χ1v) is 7.46. The van der Waals surface area contributed by atoms with E-state index in [2.05, 4.69) is 27.8 Å². The summed E-state index contributed by atoms with van der Waals surface area (Å²) in [6, 6.07) is 8.69. The highest BCUT2D eigenvalue weighted by Gasteiger charge is 2.29. The van der Waals surface area contributed by atoms with Crippen molar-refractivity contribution in [1.29, 1.82) is 0 Å². The van der Waals surface area contributed by atoms with Crippen molar-refractivity contribution < 1.29 is 0 Å². The zero-order chi connectivity index (χ0) is 14.4. The van der Waals surface area contributed by atoms with Crippen molar-refractivity contribution in [2.45, 2.75) is 25.4 Å². The van der Waals surface area contributed by atoms with Crippen molar-refractivity contribution in [3.63, 3.8) is 0 Å². The molecule has 0 spiro atoms. The monoisotopic (exact) mass is 298 g/mol. The van der Waals surface area contributed by atoms with Crippen molar-refractivity contribution in [3.05, 3.63) is 47.2 Å². The number of hydrogen-bond donors (Lipinski definition) is 1. The number of nitrogens with zero attached hydrogens (tertiary/aromatic N) is 3. The second kappa shape index (κ2) is 4.83. The summed E-state index contributed by atoms with van der Waals surface area (Å²) in [5.41, 5.74) is 9.89. The minimum atomic E-state index is 0.525. The number of nitrogens with two attached hydrogens (primary N) is 1. The van der Waals surface area contributed by atoms with Crippen molar-refractivity contribution in [1.82, 2.24) is 14.5 Å². The van der Waals surface area contributed by atoms with E-state index in [0.29, 0.717) is 17.6 Å². The molecule has 1 saturated carbocycles. The van der Waals surface area contributed by atoms with Gasteiger partial charge in [0, 0.05) is 30.5 Å². The standard InChI is InChI=1S/C16H15ClN4/c17-13-9-19-6-5-12(13)16-20-14-7-10(8-18)1-4-15(14)21(16)11-2-3-11/h1,4-7,9,11H,2-3,8,18H2. The Balaban J connectivity index is 1.99. The topological polar surface area (TPSA) is 56.7 Å². The van der Waals surface area contributed by atoms with Crippen LogP contribution in [-0.4, -0.2) is 14.5 Å². The zero-order valence-corrected chi connectivity index (χ0v) is 12.2. The van der Waals surface area contributed by atoms with Crippen LogP contribution in [0.15, 0.2) is 36.7 Å². The molecule has 2 N–H and O–H groups in total. The number of fused-ring (bicyclic) bond motifs is 1. The normalized spacial score (nSPS) is 14.8. The first-order valence-electron chi connectivity index (χ1n) is 7.09. The molecule has 1 aliphatic rings. The molecule has 0 bridgehead atoms. The third kappa shape index (κ3) is 2.11. The Labute approximate surface area is 127 Å². The molecule has 4 nitrogen and oxygen atoms in total. The summed E-state index contributed by atoms with van der Waals surface area (Å²) in [6.45, 7) is 0.525. The molecule has 21 heavy (non-hydrogen) atoms. The summed E-state index contributed by atoms with van der Waals surface area (Å²) < 4.78 is 2.30. The Kier molecular flexibility index (Phi) is 2.94. The SMILES string of the molecule is NCc1ccc2c(c1)nc(-c1ccncc1Cl)n2C1CC1. The fraction of sp³-hybridized carbons (Fsp3) is 0.250. The molecule has 0 unspecified atom stereocenters. The average Bonchev–Trinajstić information content (AvgIpc) is 3.27. The first kappa shape index (κ1) is 12.8. The van der Waals surface area contributed by atoms with E-state index in [1.165, 1.54) is 12.8 Å². The molecular weight excluding hydrogens is 284 g/mol. The van der Waals surface area contributed by atoms with Crippen LogP contribution in [0.1, 0.15) is 24.4 Å². The number of halogens is 1. The molecule has 1 fully saturated rings. The van der Waals surface area contributed by atoms with Gasteiger partial charge in [-0.25, -0.2) is 4.98 Å². The van der Waals surface area contributed by atoms with Gasteiger partial charge in [0.15, 0.2) is 0 Å². The van der Waals surface area contributed by atoms with E-state index < -0.39 is 0 Å². The Morgan fingerprint density at radius 1 is 1.29 bits per heavy atom. The Bertz CT molecular complexity index is 820. The largest absolute Gasteiger partial charge is 0.326 e. The maximum Gasteiger partial charge on any atom is 0.143 e. The van der Waals surface area contributed by atoms with E-state index in [0.717, 1.165) is 28.0 Å². The van der Waals surface area contributed by atoms with Gasteiger partial charge in [-0.15, -0.1) is 0 Å². The van der Waals surface area contributed by atoms with Gasteiger partial charge < -0.3 is 10.3 Å². The van der Waals surface area contributed by atoms with Gasteiger partial charge in [0.25, 0.3) is 0 Å². The minimum Gasteiger partial charge on any atom is -0.326 e. The van der Waals surface area contributed by atoms with E-state index in [4.69, 9.17) is 22.3 Å². The zero-order valence-electron chi connectivity index (χ0n) is 11.5. The van der Waals surface area contributed by atoms with Crippen molar-refractivity contribution >= 4 is 22.6 Å². The Morgan fingerprint density at radius 3 is 2.86 bits per heavy atom. The molecule has 0 saturated heterocycles. The van der Waals surface area contributed by atoms with Crippen molar-refractivity contribution in [3.8, 4) is 11.4 Å². The quantitative estimate of drug-likeness (QED) is 0.804. The molecule has 1 aliphatic carbocycles. The summed E-state index contributed by atoms with van der Waals surface area (Å²) >= 11 is 6.31. The van der Waals surface area contributed by atoms with E-state index in [1.54, 1.807) is 12.4 Å². The predicted molar refractivity (Wildman–Crippen MR) is 84.1 cm³/mol. The lowest BCUT2D eigenvalue weighted by atomic mass is 10.2. The predicted octanol–water partition coefficient (Wildman–Crippen LogP) is 3.55. The second-order valence-corrected chi connectivity index (χ2v) is 5.83. The third-order valence-corrected chi connectivity index (χ3v) is 4.22. The van der Waals surface area contributed by atoms with Gasteiger partial charge in [-0.2, -0.15) is 0 Å². The molecule has 106 valence electrons. The lowest BCUT2D eigenvalue weighted by Crippen LogP contribution is -1.98. The molecule has 0 amide bonds. The van der Waals surface area contributed by atoms with Crippen molar-refractivity contribution in [2.75, 3.05) is 0 Å². The van der Waals surface area contributed by atoms with Crippen LogP contribution in [0.4, 0.5) is 0 Å².